The third-order valence-corrected chi connectivity index (χ3v) is 5.00. The van der Waals surface area contributed by atoms with Crippen LogP contribution >= 0.6 is 11.3 Å². The SMILES string of the molecule is CCC1CCCC(NC(C)c2nc(C)cs2)C1. The second-order valence-electron chi connectivity index (χ2n) is 5.35. The summed E-state index contributed by atoms with van der Waals surface area (Å²) in [6, 6.07) is 1.11. The molecule has 3 atom stereocenters. The molecule has 0 aliphatic heterocycles. The predicted octanol–water partition coefficient (Wildman–Crippen LogP) is 4.07. The lowest BCUT2D eigenvalue weighted by molar-refractivity contribution is 0.266. The van der Waals surface area contributed by atoms with Crippen LogP contribution in [0, 0.1) is 12.8 Å². The largest absolute Gasteiger partial charge is 0.305 e. The fourth-order valence-electron chi connectivity index (χ4n) is 2.81. The monoisotopic (exact) mass is 252 g/mol. The van der Waals surface area contributed by atoms with Crippen LogP contribution in [0.5, 0.6) is 0 Å². The van der Waals surface area contributed by atoms with Crippen LogP contribution < -0.4 is 5.32 Å². The Morgan fingerprint density at radius 2 is 2.35 bits per heavy atom. The molecule has 1 aliphatic rings. The van der Waals surface area contributed by atoms with Crippen molar-refractivity contribution >= 4 is 11.3 Å². The fraction of sp³-hybridized carbons (Fsp3) is 0.786. The Balaban J connectivity index is 1.87. The molecule has 1 N–H and O–H groups in total. The number of nitrogens with one attached hydrogen (secondary N) is 1. The van der Waals surface area contributed by atoms with Gasteiger partial charge in [0, 0.05) is 17.1 Å². The van der Waals surface area contributed by atoms with Crippen molar-refractivity contribution in [2.45, 2.75) is 65.0 Å². The maximum absolute atomic E-state index is 4.57. The molecular weight excluding hydrogens is 228 g/mol. The third kappa shape index (κ3) is 3.52. The molecule has 96 valence electrons. The average Bonchev–Trinajstić information content (AvgIpc) is 2.76. The fourth-order valence-corrected chi connectivity index (χ4v) is 3.62. The van der Waals surface area contributed by atoms with Crippen LogP contribution in [0.4, 0.5) is 0 Å². The summed E-state index contributed by atoms with van der Waals surface area (Å²) in [5, 5.41) is 7.14. The van der Waals surface area contributed by atoms with Gasteiger partial charge in [-0.1, -0.05) is 26.2 Å². The Morgan fingerprint density at radius 3 is 3.00 bits per heavy atom. The molecule has 0 saturated heterocycles. The number of rotatable bonds is 4. The topological polar surface area (TPSA) is 24.9 Å². The standard InChI is InChI=1S/C14H24N2S/c1-4-12-6-5-7-13(8-12)16-11(3)14-15-10(2)9-17-14/h9,11-13,16H,4-8H2,1-3H3. The minimum atomic E-state index is 0.411. The van der Waals surface area contributed by atoms with Gasteiger partial charge >= 0.3 is 0 Å². The van der Waals surface area contributed by atoms with Gasteiger partial charge in [0.2, 0.25) is 0 Å². The van der Waals surface area contributed by atoms with Gasteiger partial charge in [0.25, 0.3) is 0 Å². The van der Waals surface area contributed by atoms with Crippen molar-refractivity contribution in [1.82, 2.24) is 10.3 Å². The minimum absolute atomic E-state index is 0.411. The van der Waals surface area contributed by atoms with Crippen molar-refractivity contribution in [1.29, 1.82) is 0 Å². The third-order valence-electron chi connectivity index (χ3n) is 3.85. The lowest BCUT2D eigenvalue weighted by atomic mass is 9.84. The molecule has 1 saturated carbocycles. The zero-order valence-corrected chi connectivity index (χ0v) is 12.0. The number of nitrogens with zero attached hydrogens (tertiary/aromatic N) is 1. The molecule has 1 aromatic rings. The van der Waals surface area contributed by atoms with E-state index in [1.165, 1.54) is 37.1 Å². The molecule has 0 radical (unpaired) electrons. The highest BCUT2D eigenvalue weighted by Gasteiger charge is 2.22. The van der Waals surface area contributed by atoms with Gasteiger partial charge in [-0.25, -0.2) is 4.98 Å². The van der Waals surface area contributed by atoms with Crippen molar-refractivity contribution in [3.05, 3.63) is 16.1 Å². The van der Waals surface area contributed by atoms with Crippen molar-refractivity contribution in [2.75, 3.05) is 0 Å². The summed E-state index contributed by atoms with van der Waals surface area (Å²) in [7, 11) is 0. The van der Waals surface area contributed by atoms with E-state index in [9.17, 15) is 0 Å². The molecular formula is C14H24N2S. The molecule has 1 aromatic heterocycles. The van der Waals surface area contributed by atoms with Gasteiger partial charge in [-0.2, -0.15) is 0 Å². The molecule has 17 heavy (non-hydrogen) atoms. The van der Waals surface area contributed by atoms with E-state index in [0.717, 1.165) is 11.6 Å². The van der Waals surface area contributed by atoms with Crippen LogP contribution in [0.15, 0.2) is 5.38 Å². The number of hydrogen-bond acceptors (Lipinski definition) is 3. The van der Waals surface area contributed by atoms with Crippen molar-refractivity contribution in [3.8, 4) is 0 Å². The first-order valence-corrected chi connectivity index (χ1v) is 7.75. The van der Waals surface area contributed by atoms with Gasteiger partial charge in [-0.3, -0.25) is 0 Å². The molecule has 0 aromatic carbocycles. The smallest absolute Gasteiger partial charge is 0.110 e. The summed E-state index contributed by atoms with van der Waals surface area (Å²) >= 11 is 1.78. The van der Waals surface area contributed by atoms with Gasteiger partial charge in [0.15, 0.2) is 0 Å². The zero-order valence-electron chi connectivity index (χ0n) is 11.2. The van der Waals surface area contributed by atoms with E-state index in [0.29, 0.717) is 12.1 Å². The van der Waals surface area contributed by atoms with Crippen LogP contribution in [-0.2, 0) is 0 Å². The van der Waals surface area contributed by atoms with Crippen molar-refractivity contribution in [2.24, 2.45) is 5.92 Å². The first kappa shape index (κ1) is 13.0. The van der Waals surface area contributed by atoms with E-state index in [1.807, 2.05) is 0 Å². The number of aromatic nitrogens is 1. The molecule has 3 unspecified atom stereocenters. The lowest BCUT2D eigenvalue weighted by Gasteiger charge is -2.31. The number of hydrogen-bond donors (Lipinski definition) is 1. The molecule has 0 bridgehead atoms. The summed E-state index contributed by atoms with van der Waals surface area (Å²) in [4.78, 5) is 4.57. The highest BCUT2D eigenvalue weighted by atomic mass is 32.1. The summed E-state index contributed by atoms with van der Waals surface area (Å²) in [6.45, 7) is 6.63. The summed E-state index contributed by atoms with van der Waals surface area (Å²) in [6.07, 6.45) is 6.85. The Hall–Kier alpha value is -0.410. The predicted molar refractivity (Wildman–Crippen MR) is 74.4 cm³/mol. The molecule has 1 heterocycles. The highest BCUT2D eigenvalue weighted by Crippen LogP contribution is 2.28. The zero-order chi connectivity index (χ0) is 12.3. The minimum Gasteiger partial charge on any atom is -0.305 e. The second kappa shape index (κ2) is 5.96. The molecule has 3 heteroatoms. The Morgan fingerprint density at radius 1 is 1.53 bits per heavy atom. The molecule has 1 fully saturated rings. The van der Waals surface area contributed by atoms with Gasteiger partial charge in [0.1, 0.15) is 5.01 Å². The van der Waals surface area contributed by atoms with E-state index >= 15 is 0 Å². The van der Waals surface area contributed by atoms with Gasteiger partial charge in [-0.05, 0) is 32.6 Å². The van der Waals surface area contributed by atoms with Gasteiger partial charge < -0.3 is 5.32 Å². The Labute approximate surface area is 109 Å². The van der Waals surface area contributed by atoms with Crippen molar-refractivity contribution < 1.29 is 0 Å². The van der Waals surface area contributed by atoms with E-state index in [2.05, 4.69) is 36.5 Å². The molecule has 1 aliphatic carbocycles. The first-order valence-electron chi connectivity index (χ1n) is 6.87. The molecule has 2 nitrogen and oxygen atoms in total. The Bertz CT molecular complexity index is 348. The summed E-state index contributed by atoms with van der Waals surface area (Å²) in [5.41, 5.74) is 1.15. The van der Waals surface area contributed by atoms with E-state index in [4.69, 9.17) is 0 Å². The van der Waals surface area contributed by atoms with Crippen LogP contribution in [-0.4, -0.2) is 11.0 Å². The van der Waals surface area contributed by atoms with E-state index < -0.39 is 0 Å². The van der Waals surface area contributed by atoms with Crippen LogP contribution in [0.25, 0.3) is 0 Å². The van der Waals surface area contributed by atoms with Gasteiger partial charge in [0.05, 0.1) is 6.04 Å². The summed E-state index contributed by atoms with van der Waals surface area (Å²) < 4.78 is 0. The highest BCUT2D eigenvalue weighted by molar-refractivity contribution is 7.09. The van der Waals surface area contributed by atoms with Crippen LogP contribution in [0.2, 0.25) is 0 Å². The quantitative estimate of drug-likeness (QED) is 0.873. The number of aryl methyl sites for hydroxylation is 1. The van der Waals surface area contributed by atoms with E-state index in [-0.39, 0.29) is 0 Å². The van der Waals surface area contributed by atoms with E-state index in [1.54, 1.807) is 11.3 Å². The summed E-state index contributed by atoms with van der Waals surface area (Å²) in [5.74, 6) is 0.937. The van der Waals surface area contributed by atoms with Crippen molar-refractivity contribution in [3.63, 3.8) is 0 Å². The van der Waals surface area contributed by atoms with Crippen LogP contribution in [0.3, 0.4) is 0 Å². The van der Waals surface area contributed by atoms with Gasteiger partial charge in [-0.15, -0.1) is 11.3 Å². The maximum Gasteiger partial charge on any atom is 0.110 e. The second-order valence-corrected chi connectivity index (χ2v) is 6.24. The Kier molecular flexibility index (Phi) is 4.57. The molecule has 2 rings (SSSR count). The first-order chi connectivity index (χ1) is 8.19. The maximum atomic E-state index is 4.57. The molecule has 0 spiro atoms. The average molecular weight is 252 g/mol. The normalized spacial score (nSPS) is 27.0. The molecule has 0 amide bonds. The lowest BCUT2D eigenvalue weighted by Crippen LogP contribution is -2.35. The van der Waals surface area contributed by atoms with Crippen LogP contribution in [0.1, 0.15) is 62.7 Å². The number of thiazole rings is 1.